The first-order valence-corrected chi connectivity index (χ1v) is 7.00. The zero-order valence-electron chi connectivity index (χ0n) is 11.8. The van der Waals surface area contributed by atoms with Crippen LogP contribution in [0.15, 0.2) is 24.3 Å². The second kappa shape index (κ2) is 7.24. The number of benzene rings is 1. The molecular formula is C15H21FN2O2. The molecule has 1 aromatic carbocycles. The van der Waals surface area contributed by atoms with Gasteiger partial charge >= 0.3 is 0 Å². The van der Waals surface area contributed by atoms with E-state index in [0.29, 0.717) is 25.4 Å². The molecule has 5 heteroatoms. The molecule has 0 unspecified atom stereocenters. The molecule has 1 fully saturated rings. The molecule has 20 heavy (non-hydrogen) atoms. The van der Waals surface area contributed by atoms with E-state index in [4.69, 9.17) is 4.74 Å². The Kier molecular flexibility index (Phi) is 5.35. The van der Waals surface area contributed by atoms with Crippen LogP contribution in [0.25, 0.3) is 0 Å². The van der Waals surface area contributed by atoms with E-state index in [1.54, 1.807) is 12.1 Å². The van der Waals surface area contributed by atoms with Gasteiger partial charge in [-0.15, -0.1) is 0 Å². The Balaban J connectivity index is 1.65. The molecule has 1 aromatic rings. The van der Waals surface area contributed by atoms with Gasteiger partial charge in [-0.1, -0.05) is 0 Å². The van der Waals surface area contributed by atoms with Crippen molar-refractivity contribution in [3.63, 3.8) is 0 Å². The molecule has 0 N–H and O–H groups in total. The van der Waals surface area contributed by atoms with Crippen molar-refractivity contribution in [2.24, 2.45) is 0 Å². The van der Waals surface area contributed by atoms with Crippen molar-refractivity contribution >= 4 is 5.91 Å². The standard InChI is InChI=1S/C15H21FN2O2/c1-17(12-15(19)18-8-2-3-9-18)10-11-20-14-6-4-13(16)5-7-14/h4-7H,2-3,8-12H2,1H3. The molecule has 0 saturated carbocycles. The van der Waals surface area contributed by atoms with Crippen LogP contribution in [0.1, 0.15) is 12.8 Å². The first-order chi connectivity index (χ1) is 9.65. The van der Waals surface area contributed by atoms with Gasteiger partial charge in [0.2, 0.25) is 5.91 Å². The Morgan fingerprint density at radius 3 is 2.60 bits per heavy atom. The highest BCUT2D eigenvalue weighted by Gasteiger charge is 2.18. The number of hydrogen-bond donors (Lipinski definition) is 0. The number of likely N-dealkylation sites (N-methyl/N-ethyl adjacent to an activating group) is 1. The average Bonchev–Trinajstić information content (AvgIpc) is 2.95. The third-order valence-electron chi connectivity index (χ3n) is 3.42. The third-order valence-corrected chi connectivity index (χ3v) is 3.42. The minimum absolute atomic E-state index is 0.187. The van der Waals surface area contributed by atoms with Crippen LogP contribution in [0.5, 0.6) is 5.75 Å². The summed E-state index contributed by atoms with van der Waals surface area (Å²) in [6, 6.07) is 5.95. The van der Waals surface area contributed by atoms with Gasteiger partial charge in [-0.2, -0.15) is 0 Å². The molecule has 0 aromatic heterocycles. The Labute approximate surface area is 119 Å². The maximum atomic E-state index is 12.7. The molecule has 1 heterocycles. The molecule has 1 amide bonds. The maximum absolute atomic E-state index is 12.7. The second-order valence-electron chi connectivity index (χ2n) is 5.13. The zero-order valence-corrected chi connectivity index (χ0v) is 11.8. The molecule has 0 aliphatic carbocycles. The van der Waals surface area contributed by atoms with Crippen LogP contribution in [0.3, 0.4) is 0 Å². The van der Waals surface area contributed by atoms with Crippen LogP contribution < -0.4 is 4.74 Å². The van der Waals surface area contributed by atoms with Crippen molar-refractivity contribution in [1.82, 2.24) is 9.80 Å². The lowest BCUT2D eigenvalue weighted by molar-refractivity contribution is -0.131. The number of carbonyl (C=O) groups excluding carboxylic acids is 1. The fourth-order valence-corrected chi connectivity index (χ4v) is 2.23. The van der Waals surface area contributed by atoms with E-state index in [9.17, 15) is 9.18 Å². The molecule has 1 aliphatic rings. The summed E-state index contributed by atoms with van der Waals surface area (Å²) in [6.07, 6.45) is 2.23. The van der Waals surface area contributed by atoms with Crippen LogP contribution >= 0.6 is 0 Å². The van der Waals surface area contributed by atoms with E-state index in [2.05, 4.69) is 0 Å². The van der Waals surface area contributed by atoms with Gasteiger partial charge < -0.3 is 9.64 Å². The SMILES string of the molecule is CN(CCOc1ccc(F)cc1)CC(=O)N1CCCC1. The van der Waals surface area contributed by atoms with Gasteiger partial charge in [-0.25, -0.2) is 4.39 Å². The highest BCUT2D eigenvalue weighted by Crippen LogP contribution is 2.11. The van der Waals surface area contributed by atoms with Gasteiger partial charge in [0.1, 0.15) is 18.2 Å². The maximum Gasteiger partial charge on any atom is 0.236 e. The minimum Gasteiger partial charge on any atom is -0.492 e. The van der Waals surface area contributed by atoms with Crippen LogP contribution in [-0.2, 0) is 4.79 Å². The van der Waals surface area contributed by atoms with E-state index in [-0.39, 0.29) is 11.7 Å². The molecule has 0 radical (unpaired) electrons. The fraction of sp³-hybridized carbons (Fsp3) is 0.533. The number of likely N-dealkylation sites (tertiary alicyclic amines) is 1. The molecule has 2 rings (SSSR count). The first kappa shape index (κ1) is 14.8. The Bertz CT molecular complexity index is 430. The molecule has 0 atom stereocenters. The number of nitrogens with zero attached hydrogens (tertiary/aromatic N) is 2. The van der Waals surface area contributed by atoms with Crippen molar-refractivity contribution in [3.8, 4) is 5.75 Å². The Morgan fingerprint density at radius 2 is 1.95 bits per heavy atom. The van der Waals surface area contributed by atoms with Gasteiger partial charge in [0.15, 0.2) is 0 Å². The van der Waals surface area contributed by atoms with Crippen molar-refractivity contribution in [2.45, 2.75) is 12.8 Å². The number of carbonyl (C=O) groups is 1. The van der Waals surface area contributed by atoms with E-state index in [1.807, 2.05) is 16.8 Å². The van der Waals surface area contributed by atoms with Gasteiger partial charge in [0.25, 0.3) is 0 Å². The molecule has 4 nitrogen and oxygen atoms in total. The van der Waals surface area contributed by atoms with E-state index >= 15 is 0 Å². The van der Waals surface area contributed by atoms with E-state index in [1.165, 1.54) is 12.1 Å². The predicted octanol–water partition coefficient (Wildman–Crippen LogP) is 1.76. The van der Waals surface area contributed by atoms with Gasteiger partial charge in [-0.3, -0.25) is 9.69 Å². The third kappa shape index (κ3) is 4.49. The largest absolute Gasteiger partial charge is 0.492 e. The van der Waals surface area contributed by atoms with E-state index < -0.39 is 0 Å². The number of rotatable bonds is 6. The van der Waals surface area contributed by atoms with Crippen molar-refractivity contribution < 1.29 is 13.9 Å². The highest BCUT2D eigenvalue weighted by atomic mass is 19.1. The summed E-state index contributed by atoms with van der Waals surface area (Å²) in [7, 11) is 1.90. The molecule has 1 saturated heterocycles. The monoisotopic (exact) mass is 280 g/mol. The van der Waals surface area contributed by atoms with Crippen LogP contribution in [-0.4, -0.2) is 55.5 Å². The number of ether oxygens (including phenoxy) is 1. The number of amides is 1. The van der Waals surface area contributed by atoms with Crippen molar-refractivity contribution in [1.29, 1.82) is 0 Å². The summed E-state index contributed by atoms with van der Waals surface area (Å²) in [5, 5.41) is 0. The van der Waals surface area contributed by atoms with Crippen LogP contribution in [0.4, 0.5) is 4.39 Å². The summed E-state index contributed by atoms with van der Waals surface area (Å²) in [4.78, 5) is 15.8. The van der Waals surface area contributed by atoms with Crippen LogP contribution in [0.2, 0.25) is 0 Å². The second-order valence-corrected chi connectivity index (χ2v) is 5.13. The first-order valence-electron chi connectivity index (χ1n) is 7.00. The topological polar surface area (TPSA) is 32.8 Å². The normalized spacial score (nSPS) is 14.8. The zero-order chi connectivity index (χ0) is 14.4. The number of halogens is 1. The quantitative estimate of drug-likeness (QED) is 0.796. The van der Waals surface area contributed by atoms with Gasteiger partial charge in [-0.05, 0) is 44.2 Å². The Morgan fingerprint density at radius 1 is 1.30 bits per heavy atom. The molecule has 0 spiro atoms. The summed E-state index contributed by atoms with van der Waals surface area (Å²) >= 11 is 0. The lowest BCUT2D eigenvalue weighted by atomic mass is 10.3. The average molecular weight is 280 g/mol. The lowest BCUT2D eigenvalue weighted by Gasteiger charge is -2.21. The molecule has 110 valence electrons. The van der Waals surface area contributed by atoms with Gasteiger partial charge in [0, 0.05) is 19.6 Å². The summed E-state index contributed by atoms with van der Waals surface area (Å²) in [5.74, 6) is 0.558. The summed E-state index contributed by atoms with van der Waals surface area (Å²) < 4.78 is 18.2. The summed E-state index contributed by atoms with van der Waals surface area (Å²) in [5.41, 5.74) is 0. The van der Waals surface area contributed by atoms with E-state index in [0.717, 1.165) is 25.9 Å². The number of hydrogen-bond acceptors (Lipinski definition) is 3. The summed E-state index contributed by atoms with van der Waals surface area (Å²) in [6.45, 7) is 3.34. The molecular weight excluding hydrogens is 259 g/mol. The lowest BCUT2D eigenvalue weighted by Crippen LogP contribution is -2.38. The predicted molar refractivity (Wildman–Crippen MR) is 75.2 cm³/mol. The van der Waals surface area contributed by atoms with Crippen molar-refractivity contribution in [3.05, 3.63) is 30.1 Å². The smallest absolute Gasteiger partial charge is 0.236 e. The van der Waals surface area contributed by atoms with Crippen LogP contribution in [0, 0.1) is 5.82 Å². The van der Waals surface area contributed by atoms with Crippen molar-refractivity contribution in [2.75, 3.05) is 39.8 Å². The van der Waals surface area contributed by atoms with Gasteiger partial charge in [0.05, 0.1) is 6.54 Å². The highest BCUT2D eigenvalue weighted by molar-refractivity contribution is 5.78. The minimum atomic E-state index is -0.273. The Hall–Kier alpha value is -1.62. The fourth-order valence-electron chi connectivity index (χ4n) is 2.23. The molecule has 1 aliphatic heterocycles. The molecule has 0 bridgehead atoms.